The molecule has 0 amide bonds. The van der Waals surface area contributed by atoms with Crippen LogP contribution in [-0.4, -0.2) is 60.8 Å². The van der Waals surface area contributed by atoms with E-state index in [4.69, 9.17) is 0 Å². The summed E-state index contributed by atoms with van der Waals surface area (Å²) in [6.07, 6.45) is 7.41. The van der Waals surface area contributed by atoms with Crippen LogP contribution in [-0.2, 0) is 9.84 Å². The van der Waals surface area contributed by atoms with Crippen LogP contribution in [0.3, 0.4) is 0 Å². The highest BCUT2D eigenvalue weighted by Gasteiger charge is 2.30. The summed E-state index contributed by atoms with van der Waals surface area (Å²) < 4.78 is 27.7. The third-order valence-corrected chi connectivity index (χ3v) is 7.52. The van der Waals surface area contributed by atoms with Crippen LogP contribution in [0.25, 0.3) is 0 Å². The molecule has 29 heavy (non-hydrogen) atoms. The highest BCUT2D eigenvalue weighted by molar-refractivity contribution is 7.91. The third kappa shape index (κ3) is 5.18. The molecule has 7 nitrogen and oxygen atoms in total. The van der Waals surface area contributed by atoms with Gasteiger partial charge in [0.2, 0.25) is 0 Å². The van der Waals surface area contributed by atoms with Crippen LogP contribution in [0.2, 0.25) is 0 Å². The summed E-state index contributed by atoms with van der Waals surface area (Å²) in [6, 6.07) is 8.75. The van der Waals surface area contributed by atoms with E-state index in [0.29, 0.717) is 23.3 Å². The summed E-state index contributed by atoms with van der Waals surface area (Å²) in [4.78, 5) is 11.2. The zero-order valence-corrected chi connectivity index (χ0v) is 18.2. The molecule has 3 unspecified atom stereocenters. The van der Waals surface area contributed by atoms with Gasteiger partial charge in [-0.2, -0.15) is 0 Å². The molecule has 1 aliphatic rings. The number of aromatic nitrogens is 2. The van der Waals surface area contributed by atoms with Gasteiger partial charge in [0.1, 0.15) is 0 Å². The van der Waals surface area contributed by atoms with E-state index >= 15 is 0 Å². The van der Waals surface area contributed by atoms with Gasteiger partial charge in [0, 0.05) is 38.6 Å². The molecule has 0 bridgehead atoms. The van der Waals surface area contributed by atoms with Crippen LogP contribution in [0.5, 0.6) is 0 Å². The highest BCUT2D eigenvalue weighted by Crippen LogP contribution is 2.27. The Morgan fingerprint density at radius 3 is 2.72 bits per heavy atom. The first kappa shape index (κ1) is 21.4. The van der Waals surface area contributed by atoms with Gasteiger partial charge in [-0.1, -0.05) is 32.0 Å². The topological polar surface area (TPSA) is 79.6 Å². The molecule has 1 aromatic heterocycles. The van der Waals surface area contributed by atoms with Crippen molar-refractivity contribution >= 4 is 15.8 Å². The van der Waals surface area contributed by atoms with Crippen LogP contribution in [0, 0.1) is 5.92 Å². The summed E-state index contributed by atoms with van der Waals surface area (Å²) >= 11 is 0. The fraction of sp³-hybridized carbons (Fsp3) is 0.524. The zero-order chi connectivity index (χ0) is 20.9. The Bertz CT molecular complexity index is 896. The molecule has 2 heterocycles. The van der Waals surface area contributed by atoms with Gasteiger partial charge in [0.05, 0.1) is 23.0 Å². The van der Waals surface area contributed by atoms with Crippen LogP contribution in [0.4, 0.5) is 0 Å². The average Bonchev–Trinajstić information content (AvgIpc) is 3.27. The number of benzene rings is 1. The van der Waals surface area contributed by atoms with Crippen molar-refractivity contribution in [1.29, 1.82) is 0 Å². The molecule has 1 aromatic carbocycles. The van der Waals surface area contributed by atoms with E-state index in [9.17, 15) is 8.42 Å². The van der Waals surface area contributed by atoms with Crippen molar-refractivity contribution in [1.82, 2.24) is 19.8 Å². The van der Waals surface area contributed by atoms with Crippen LogP contribution < -0.4 is 5.32 Å². The SMILES string of the molecule is CCC(CS(=O)(=O)c1ccccc1)NC(=NC)N1CCC(C)C(n2ccnc2)C1. The number of guanidine groups is 1. The van der Waals surface area contributed by atoms with Crippen LogP contribution in [0.1, 0.15) is 32.7 Å². The number of likely N-dealkylation sites (tertiary alicyclic amines) is 1. The maximum Gasteiger partial charge on any atom is 0.193 e. The normalized spacial score (nSPS) is 21.8. The van der Waals surface area contributed by atoms with Crippen molar-refractivity contribution in [2.24, 2.45) is 10.9 Å². The maximum atomic E-state index is 12.8. The van der Waals surface area contributed by atoms with Crippen molar-refractivity contribution in [2.75, 3.05) is 25.9 Å². The van der Waals surface area contributed by atoms with Crippen molar-refractivity contribution in [2.45, 2.75) is 43.7 Å². The number of imidazole rings is 1. The van der Waals surface area contributed by atoms with Gasteiger partial charge in [-0.3, -0.25) is 4.99 Å². The smallest absolute Gasteiger partial charge is 0.193 e. The monoisotopic (exact) mass is 417 g/mol. The first-order valence-electron chi connectivity index (χ1n) is 10.2. The van der Waals surface area contributed by atoms with E-state index in [1.165, 1.54) is 0 Å². The molecular formula is C21H31N5O2S. The fourth-order valence-electron chi connectivity index (χ4n) is 3.83. The minimum atomic E-state index is -3.36. The van der Waals surface area contributed by atoms with Gasteiger partial charge in [-0.15, -0.1) is 0 Å². The third-order valence-electron chi connectivity index (χ3n) is 5.69. The van der Waals surface area contributed by atoms with Gasteiger partial charge in [-0.25, -0.2) is 13.4 Å². The Balaban J connectivity index is 1.69. The molecule has 1 saturated heterocycles. The summed E-state index contributed by atoms with van der Waals surface area (Å²) in [5.41, 5.74) is 0. The van der Waals surface area contributed by atoms with Crippen LogP contribution >= 0.6 is 0 Å². The average molecular weight is 418 g/mol. The molecule has 0 saturated carbocycles. The molecular weight excluding hydrogens is 386 g/mol. The first-order chi connectivity index (χ1) is 13.9. The molecule has 0 radical (unpaired) electrons. The lowest BCUT2D eigenvalue weighted by atomic mass is 9.93. The largest absolute Gasteiger partial charge is 0.352 e. The molecule has 3 rings (SSSR count). The Kier molecular flexibility index (Phi) is 6.95. The van der Waals surface area contributed by atoms with Gasteiger partial charge in [0.25, 0.3) is 0 Å². The molecule has 8 heteroatoms. The number of hydrogen-bond donors (Lipinski definition) is 1. The van der Waals surface area contributed by atoms with E-state index in [0.717, 1.165) is 25.5 Å². The lowest BCUT2D eigenvalue weighted by Gasteiger charge is -2.40. The van der Waals surface area contributed by atoms with E-state index < -0.39 is 9.84 Å². The number of rotatable bonds is 6. The van der Waals surface area contributed by atoms with E-state index in [2.05, 4.69) is 31.7 Å². The first-order valence-corrected chi connectivity index (χ1v) is 11.8. The summed E-state index contributed by atoms with van der Waals surface area (Å²) in [5.74, 6) is 1.35. The van der Waals surface area contributed by atoms with Gasteiger partial charge in [-0.05, 0) is 30.9 Å². The van der Waals surface area contributed by atoms with Gasteiger partial charge >= 0.3 is 0 Å². The number of aliphatic imine (C=N–C) groups is 1. The van der Waals surface area contributed by atoms with Crippen molar-refractivity contribution in [3.05, 3.63) is 49.1 Å². The molecule has 1 N–H and O–H groups in total. The number of nitrogens with zero attached hydrogens (tertiary/aromatic N) is 4. The van der Waals surface area contributed by atoms with Gasteiger partial charge < -0.3 is 14.8 Å². The Morgan fingerprint density at radius 1 is 1.34 bits per heavy atom. The minimum Gasteiger partial charge on any atom is -0.352 e. The lowest BCUT2D eigenvalue weighted by Crippen LogP contribution is -2.52. The number of sulfone groups is 1. The standard InChI is InChI=1S/C21H31N5O2S/c1-4-18(15-29(27,28)19-8-6-5-7-9-19)24-21(22-3)25-12-10-17(2)20(14-25)26-13-11-23-16-26/h5-9,11,13,16-18,20H,4,10,12,14-15H2,1-3H3,(H,22,24). The molecule has 158 valence electrons. The molecule has 3 atom stereocenters. The molecule has 0 spiro atoms. The number of hydrogen-bond acceptors (Lipinski definition) is 4. The predicted molar refractivity (Wildman–Crippen MR) is 116 cm³/mol. The molecule has 1 fully saturated rings. The van der Waals surface area contributed by atoms with E-state index in [-0.39, 0.29) is 11.8 Å². The lowest BCUT2D eigenvalue weighted by molar-refractivity contribution is 0.188. The number of piperidine rings is 1. The summed E-state index contributed by atoms with van der Waals surface area (Å²) in [7, 11) is -1.60. The predicted octanol–water partition coefficient (Wildman–Crippen LogP) is 2.59. The second-order valence-electron chi connectivity index (χ2n) is 7.68. The molecule has 2 aromatic rings. The number of nitrogens with one attached hydrogen (secondary N) is 1. The second-order valence-corrected chi connectivity index (χ2v) is 9.71. The summed E-state index contributed by atoms with van der Waals surface area (Å²) in [5, 5.41) is 3.40. The Labute approximate surface area is 173 Å². The quantitative estimate of drug-likeness (QED) is 0.577. The van der Waals surface area contributed by atoms with Crippen molar-refractivity contribution in [3.8, 4) is 0 Å². The summed E-state index contributed by atoms with van der Waals surface area (Å²) in [6.45, 7) is 5.98. The second kappa shape index (κ2) is 9.43. The maximum absolute atomic E-state index is 12.8. The van der Waals surface area contributed by atoms with Gasteiger partial charge in [0.15, 0.2) is 15.8 Å². The highest BCUT2D eigenvalue weighted by atomic mass is 32.2. The van der Waals surface area contributed by atoms with E-state index in [1.807, 2.05) is 25.5 Å². The molecule has 1 aliphatic heterocycles. The fourth-order valence-corrected chi connectivity index (χ4v) is 5.44. The van der Waals surface area contributed by atoms with Crippen molar-refractivity contribution in [3.63, 3.8) is 0 Å². The Morgan fingerprint density at radius 2 is 2.10 bits per heavy atom. The molecule has 0 aliphatic carbocycles. The van der Waals surface area contributed by atoms with Crippen molar-refractivity contribution < 1.29 is 8.42 Å². The minimum absolute atomic E-state index is 0.0434. The van der Waals surface area contributed by atoms with E-state index in [1.54, 1.807) is 37.5 Å². The van der Waals surface area contributed by atoms with Crippen LogP contribution in [0.15, 0.2) is 58.9 Å². The Hall–Kier alpha value is -2.35. The zero-order valence-electron chi connectivity index (χ0n) is 17.4.